The van der Waals surface area contributed by atoms with Crippen molar-refractivity contribution in [1.82, 2.24) is 15.6 Å². The molecule has 1 heterocycles. The first-order valence-corrected chi connectivity index (χ1v) is 5.41. The largest absolute Gasteiger partial charge is 0.383 e. The molecule has 5 heteroatoms. The van der Waals surface area contributed by atoms with Crippen LogP contribution < -0.4 is 16.2 Å². The van der Waals surface area contributed by atoms with E-state index in [0.29, 0.717) is 0 Å². The molecule has 0 spiro atoms. The summed E-state index contributed by atoms with van der Waals surface area (Å²) < 4.78 is 4.91. The van der Waals surface area contributed by atoms with Gasteiger partial charge in [0.25, 0.3) is 0 Å². The number of hydrogen-bond acceptors (Lipinski definition) is 4. The molecule has 16 heavy (non-hydrogen) atoms. The molecule has 0 fully saturated rings. The smallest absolute Gasteiger partial charge is 0.248 e. The Balaban J connectivity index is 2.05. The van der Waals surface area contributed by atoms with Gasteiger partial charge in [-0.05, 0) is 11.6 Å². The van der Waals surface area contributed by atoms with Crippen LogP contribution in [-0.2, 0) is 11.3 Å². The fraction of sp³-hybridized carbons (Fsp3) is 0.545. The monoisotopic (exact) mass is 225 g/mol. The van der Waals surface area contributed by atoms with Crippen LogP contribution in [0.25, 0.3) is 0 Å². The first kappa shape index (κ1) is 12.9. The summed E-state index contributed by atoms with van der Waals surface area (Å²) in [5.41, 5.74) is 0.943. The van der Waals surface area contributed by atoms with Crippen LogP contribution in [0.3, 0.4) is 0 Å². The number of ether oxygens (including phenoxy) is 1. The quantitative estimate of drug-likeness (QED) is 0.531. The number of H-pyrrole nitrogens is 1. The second kappa shape index (κ2) is 8.04. The van der Waals surface area contributed by atoms with Crippen LogP contribution in [0, 0.1) is 0 Å². The minimum Gasteiger partial charge on any atom is -0.383 e. The Morgan fingerprint density at radius 3 is 2.88 bits per heavy atom. The summed E-state index contributed by atoms with van der Waals surface area (Å²) >= 11 is 0. The number of methoxy groups -OCH3 is 1. The van der Waals surface area contributed by atoms with Crippen molar-refractivity contribution < 1.29 is 4.74 Å². The molecular weight excluding hydrogens is 206 g/mol. The zero-order valence-electron chi connectivity index (χ0n) is 9.58. The van der Waals surface area contributed by atoms with Gasteiger partial charge in [0.05, 0.1) is 6.61 Å². The van der Waals surface area contributed by atoms with Gasteiger partial charge >= 0.3 is 0 Å². The van der Waals surface area contributed by atoms with Gasteiger partial charge in [-0.15, -0.1) is 0 Å². The lowest BCUT2D eigenvalue weighted by atomic mass is 10.3. The molecule has 0 bridgehead atoms. The summed E-state index contributed by atoms with van der Waals surface area (Å²) in [5.74, 6) is 0. The third kappa shape index (κ3) is 5.65. The molecular formula is C11H19N3O2. The molecule has 0 saturated carbocycles. The highest BCUT2D eigenvalue weighted by Crippen LogP contribution is 1.90. The fourth-order valence-electron chi connectivity index (χ4n) is 1.31. The van der Waals surface area contributed by atoms with E-state index in [4.69, 9.17) is 4.74 Å². The summed E-state index contributed by atoms with van der Waals surface area (Å²) in [6.07, 6.45) is 1.66. The Morgan fingerprint density at radius 2 is 2.12 bits per heavy atom. The lowest BCUT2D eigenvalue weighted by Gasteiger charge is -2.05. The van der Waals surface area contributed by atoms with Gasteiger partial charge in [-0.25, -0.2) is 0 Å². The number of pyridine rings is 1. The van der Waals surface area contributed by atoms with E-state index in [-0.39, 0.29) is 5.56 Å². The van der Waals surface area contributed by atoms with E-state index in [1.807, 2.05) is 6.07 Å². The van der Waals surface area contributed by atoms with Crippen LogP contribution in [0.5, 0.6) is 0 Å². The predicted octanol–water partition coefficient (Wildman–Crippen LogP) is -0.299. The van der Waals surface area contributed by atoms with Crippen molar-refractivity contribution in [2.24, 2.45) is 0 Å². The Morgan fingerprint density at radius 1 is 1.31 bits per heavy atom. The maximum absolute atomic E-state index is 11.0. The van der Waals surface area contributed by atoms with Crippen molar-refractivity contribution in [1.29, 1.82) is 0 Å². The highest BCUT2D eigenvalue weighted by Gasteiger charge is 1.92. The number of rotatable bonds is 8. The number of nitrogens with one attached hydrogen (secondary N) is 3. The van der Waals surface area contributed by atoms with Gasteiger partial charge in [-0.2, -0.15) is 0 Å². The summed E-state index contributed by atoms with van der Waals surface area (Å²) in [6.45, 7) is 4.08. The van der Waals surface area contributed by atoms with E-state index in [9.17, 15) is 4.79 Å². The maximum atomic E-state index is 11.0. The van der Waals surface area contributed by atoms with Crippen molar-refractivity contribution in [2.75, 3.05) is 33.4 Å². The van der Waals surface area contributed by atoms with E-state index in [2.05, 4.69) is 15.6 Å². The van der Waals surface area contributed by atoms with E-state index in [1.54, 1.807) is 19.4 Å². The Labute approximate surface area is 95.2 Å². The Kier molecular flexibility index (Phi) is 6.48. The number of hydrogen-bond donors (Lipinski definition) is 3. The van der Waals surface area contributed by atoms with Gasteiger partial charge in [-0.3, -0.25) is 4.79 Å². The van der Waals surface area contributed by atoms with Crippen LogP contribution in [0.2, 0.25) is 0 Å². The second-order valence-corrected chi connectivity index (χ2v) is 3.48. The standard InChI is InChI=1S/C11H19N3O2/c1-16-7-6-12-4-5-13-9-10-2-3-14-11(15)8-10/h2-3,8,12-13H,4-7,9H2,1H3,(H,14,15). The van der Waals surface area contributed by atoms with Crippen molar-refractivity contribution in [2.45, 2.75) is 6.54 Å². The number of aromatic nitrogens is 1. The number of aromatic amines is 1. The third-order valence-electron chi connectivity index (χ3n) is 2.13. The van der Waals surface area contributed by atoms with E-state index >= 15 is 0 Å². The average molecular weight is 225 g/mol. The minimum atomic E-state index is -0.0579. The van der Waals surface area contributed by atoms with Crippen LogP contribution in [0.1, 0.15) is 5.56 Å². The fourth-order valence-corrected chi connectivity index (χ4v) is 1.31. The molecule has 1 aromatic rings. The third-order valence-corrected chi connectivity index (χ3v) is 2.13. The molecule has 0 amide bonds. The van der Waals surface area contributed by atoms with Crippen molar-refractivity contribution in [3.63, 3.8) is 0 Å². The molecule has 5 nitrogen and oxygen atoms in total. The van der Waals surface area contributed by atoms with Crippen LogP contribution in [0.4, 0.5) is 0 Å². The SMILES string of the molecule is COCCNCCNCc1cc[nH]c(=O)c1. The molecule has 0 aliphatic heterocycles. The van der Waals surface area contributed by atoms with Gasteiger partial charge < -0.3 is 20.4 Å². The van der Waals surface area contributed by atoms with Gasteiger partial charge in [0, 0.05) is 45.6 Å². The average Bonchev–Trinajstić information content (AvgIpc) is 2.28. The van der Waals surface area contributed by atoms with Crippen LogP contribution in [0.15, 0.2) is 23.1 Å². The zero-order valence-corrected chi connectivity index (χ0v) is 9.58. The predicted molar refractivity (Wildman–Crippen MR) is 63.5 cm³/mol. The van der Waals surface area contributed by atoms with Gasteiger partial charge in [-0.1, -0.05) is 0 Å². The molecule has 0 atom stereocenters. The molecule has 3 N–H and O–H groups in total. The van der Waals surface area contributed by atoms with E-state index in [0.717, 1.165) is 38.3 Å². The summed E-state index contributed by atoms with van der Waals surface area (Å²) in [6, 6.07) is 3.50. The normalized spacial score (nSPS) is 10.6. The lowest BCUT2D eigenvalue weighted by molar-refractivity contribution is 0.199. The molecule has 0 aromatic carbocycles. The molecule has 1 aromatic heterocycles. The second-order valence-electron chi connectivity index (χ2n) is 3.48. The van der Waals surface area contributed by atoms with Crippen molar-refractivity contribution in [3.8, 4) is 0 Å². The first-order valence-electron chi connectivity index (χ1n) is 5.41. The summed E-state index contributed by atoms with van der Waals surface area (Å²) in [4.78, 5) is 13.6. The molecule has 0 unspecified atom stereocenters. The van der Waals surface area contributed by atoms with E-state index in [1.165, 1.54) is 0 Å². The highest BCUT2D eigenvalue weighted by atomic mass is 16.5. The molecule has 0 aliphatic rings. The lowest BCUT2D eigenvalue weighted by Crippen LogP contribution is -2.29. The van der Waals surface area contributed by atoms with Gasteiger partial charge in [0.15, 0.2) is 0 Å². The van der Waals surface area contributed by atoms with E-state index < -0.39 is 0 Å². The topological polar surface area (TPSA) is 66.2 Å². The van der Waals surface area contributed by atoms with Crippen LogP contribution in [-0.4, -0.2) is 38.3 Å². The van der Waals surface area contributed by atoms with Gasteiger partial charge in [0.1, 0.15) is 0 Å². The van der Waals surface area contributed by atoms with Crippen molar-refractivity contribution >= 4 is 0 Å². The Hall–Kier alpha value is -1.17. The highest BCUT2D eigenvalue weighted by molar-refractivity contribution is 5.09. The molecule has 0 radical (unpaired) electrons. The summed E-state index contributed by atoms with van der Waals surface area (Å²) in [5, 5.41) is 6.48. The minimum absolute atomic E-state index is 0.0579. The van der Waals surface area contributed by atoms with Gasteiger partial charge in [0.2, 0.25) is 5.56 Å². The van der Waals surface area contributed by atoms with Crippen LogP contribution >= 0.6 is 0 Å². The zero-order chi connectivity index (χ0) is 11.6. The molecule has 0 aliphatic carbocycles. The molecule has 1 rings (SSSR count). The first-order chi connectivity index (χ1) is 7.83. The molecule has 0 saturated heterocycles. The Bertz CT molecular complexity index is 338. The summed E-state index contributed by atoms with van der Waals surface area (Å²) in [7, 11) is 1.69. The molecule has 90 valence electrons. The maximum Gasteiger partial charge on any atom is 0.248 e. The van der Waals surface area contributed by atoms with Crippen molar-refractivity contribution in [3.05, 3.63) is 34.2 Å².